The molecule has 0 radical (unpaired) electrons. The molecule has 112 valence electrons. The van der Waals surface area contributed by atoms with Crippen LogP contribution in [0.4, 0.5) is 17.6 Å². The molecular formula is C13H15F4NO2. The number of carbonyl (C=O) groups excluding carboxylic acids is 1. The van der Waals surface area contributed by atoms with E-state index in [-0.39, 0.29) is 0 Å². The van der Waals surface area contributed by atoms with Gasteiger partial charge in [-0.1, -0.05) is 12.1 Å². The highest BCUT2D eigenvalue weighted by molar-refractivity contribution is 5.77. The minimum atomic E-state index is -4.47. The monoisotopic (exact) mass is 293 g/mol. The van der Waals surface area contributed by atoms with Gasteiger partial charge in [-0.15, -0.1) is 0 Å². The summed E-state index contributed by atoms with van der Waals surface area (Å²) in [5.41, 5.74) is 0.998. The van der Waals surface area contributed by atoms with E-state index in [2.05, 4.69) is 10.1 Å². The molecule has 0 saturated heterocycles. The fourth-order valence-corrected chi connectivity index (χ4v) is 1.50. The molecule has 0 fully saturated rings. The van der Waals surface area contributed by atoms with Crippen LogP contribution >= 0.6 is 0 Å². The lowest BCUT2D eigenvalue weighted by atomic mass is 10.1. The fourth-order valence-electron chi connectivity index (χ4n) is 1.50. The van der Waals surface area contributed by atoms with Crippen LogP contribution in [-0.4, -0.2) is 25.3 Å². The zero-order chi connectivity index (χ0) is 15.3. The summed E-state index contributed by atoms with van der Waals surface area (Å²) < 4.78 is 53.0. The van der Waals surface area contributed by atoms with E-state index in [4.69, 9.17) is 0 Å². The highest BCUT2D eigenvalue weighted by Gasteiger charge is 2.27. The molecule has 0 aliphatic carbocycles. The van der Waals surface area contributed by atoms with Gasteiger partial charge in [-0.2, -0.15) is 13.2 Å². The van der Waals surface area contributed by atoms with Crippen molar-refractivity contribution >= 4 is 5.91 Å². The first-order valence-corrected chi connectivity index (χ1v) is 5.89. The van der Waals surface area contributed by atoms with E-state index in [1.54, 1.807) is 26.0 Å². The summed E-state index contributed by atoms with van der Waals surface area (Å²) in [6.45, 7) is 1.03. The summed E-state index contributed by atoms with van der Waals surface area (Å²) in [4.78, 5) is 11.4. The number of alkyl halides is 3. The molecular weight excluding hydrogens is 278 g/mol. The van der Waals surface area contributed by atoms with E-state index in [0.717, 1.165) is 0 Å². The first-order valence-electron chi connectivity index (χ1n) is 5.89. The zero-order valence-electron chi connectivity index (χ0n) is 11.1. The smallest absolute Gasteiger partial charge is 0.362 e. The number of hydrogen-bond donors (Lipinski definition) is 1. The van der Waals surface area contributed by atoms with Crippen LogP contribution in [0.2, 0.25) is 0 Å². The molecule has 0 aromatic heterocycles. The first kappa shape index (κ1) is 16.4. The lowest BCUT2D eigenvalue weighted by Crippen LogP contribution is -2.31. The Balaban J connectivity index is 2.47. The molecule has 0 aliphatic heterocycles. The lowest BCUT2D eigenvalue weighted by Gasteiger charge is -2.15. The van der Waals surface area contributed by atoms with Crippen LogP contribution in [0.25, 0.3) is 0 Å². The molecule has 1 amide bonds. The second-order valence-corrected chi connectivity index (χ2v) is 4.41. The van der Waals surface area contributed by atoms with Gasteiger partial charge in [-0.05, 0) is 31.0 Å². The SMILES string of the molecule is Cc1ccc([C@H](C)NC(=O)COCC(F)(F)F)cc1F. The van der Waals surface area contributed by atoms with E-state index in [1.807, 2.05) is 0 Å². The van der Waals surface area contributed by atoms with Gasteiger partial charge in [0.25, 0.3) is 0 Å². The number of aryl methyl sites for hydroxylation is 1. The van der Waals surface area contributed by atoms with Crippen LogP contribution in [0.5, 0.6) is 0 Å². The minimum absolute atomic E-state index is 0.406. The van der Waals surface area contributed by atoms with Crippen LogP contribution in [0, 0.1) is 12.7 Å². The topological polar surface area (TPSA) is 38.3 Å². The molecule has 0 bridgehead atoms. The van der Waals surface area contributed by atoms with E-state index in [1.165, 1.54) is 6.07 Å². The highest BCUT2D eigenvalue weighted by Crippen LogP contribution is 2.16. The van der Waals surface area contributed by atoms with E-state index >= 15 is 0 Å². The number of nitrogens with one attached hydrogen (secondary N) is 1. The summed E-state index contributed by atoms with van der Waals surface area (Å²) in [5, 5.41) is 2.43. The average Bonchev–Trinajstić information content (AvgIpc) is 2.30. The molecule has 1 rings (SSSR count). The Morgan fingerprint density at radius 1 is 1.40 bits per heavy atom. The maximum Gasteiger partial charge on any atom is 0.411 e. The number of ether oxygens (including phenoxy) is 1. The van der Waals surface area contributed by atoms with Gasteiger partial charge < -0.3 is 10.1 Å². The van der Waals surface area contributed by atoms with E-state index in [9.17, 15) is 22.4 Å². The Hall–Kier alpha value is -1.63. The third-order valence-electron chi connectivity index (χ3n) is 2.57. The second-order valence-electron chi connectivity index (χ2n) is 4.41. The molecule has 20 heavy (non-hydrogen) atoms. The van der Waals surface area contributed by atoms with Crippen LogP contribution in [-0.2, 0) is 9.53 Å². The van der Waals surface area contributed by atoms with Crippen molar-refractivity contribution in [3.8, 4) is 0 Å². The fraction of sp³-hybridized carbons (Fsp3) is 0.462. The van der Waals surface area contributed by atoms with Gasteiger partial charge in [0, 0.05) is 0 Å². The number of halogens is 4. The number of carbonyl (C=O) groups is 1. The molecule has 1 aromatic carbocycles. The quantitative estimate of drug-likeness (QED) is 0.848. The summed E-state index contributed by atoms with van der Waals surface area (Å²) in [5.74, 6) is -1.10. The Morgan fingerprint density at radius 3 is 2.60 bits per heavy atom. The number of amides is 1. The van der Waals surface area contributed by atoms with Gasteiger partial charge in [0.15, 0.2) is 0 Å². The Morgan fingerprint density at radius 2 is 2.05 bits per heavy atom. The third-order valence-corrected chi connectivity index (χ3v) is 2.57. The minimum Gasteiger partial charge on any atom is -0.362 e. The Bertz CT molecular complexity index is 474. The first-order chi connectivity index (χ1) is 9.19. The van der Waals surface area contributed by atoms with E-state index < -0.39 is 37.2 Å². The van der Waals surface area contributed by atoms with Crippen LogP contribution in [0.3, 0.4) is 0 Å². The normalized spacial score (nSPS) is 13.1. The summed E-state index contributed by atoms with van der Waals surface area (Å²) >= 11 is 0. The molecule has 0 heterocycles. The maximum atomic E-state index is 13.3. The van der Waals surface area contributed by atoms with Gasteiger partial charge in [0.2, 0.25) is 5.91 Å². The molecule has 0 spiro atoms. The molecule has 1 N–H and O–H groups in total. The molecule has 1 aromatic rings. The average molecular weight is 293 g/mol. The number of rotatable bonds is 5. The van der Waals surface area contributed by atoms with Crippen molar-refractivity contribution in [3.05, 3.63) is 35.1 Å². The van der Waals surface area contributed by atoms with Crippen molar-refractivity contribution in [3.63, 3.8) is 0 Å². The number of hydrogen-bond acceptors (Lipinski definition) is 2. The summed E-state index contributed by atoms with van der Waals surface area (Å²) in [6, 6.07) is 3.96. The van der Waals surface area contributed by atoms with Crippen molar-refractivity contribution in [1.82, 2.24) is 5.32 Å². The summed E-state index contributed by atoms with van der Waals surface area (Å²) in [7, 11) is 0. The highest BCUT2D eigenvalue weighted by atomic mass is 19.4. The molecule has 0 unspecified atom stereocenters. The lowest BCUT2D eigenvalue weighted by molar-refractivity contribution is -0.175. The van der Waals surface area contributed by atoms with Crippen LogP contribution in [0.1, 0.15) is 24.1 Å². The van der Waals surface area contributed by atoms with Crippen molar-refractivity contribution < 1.29 is 27.1 Å². The van der Waals surface area contributed by atoms with Crippen LogP contribution < -0.4 is 5.32 Å². The Labute approximate surface area is 113 Å². The predicted octanol–water partition coefficient (Wildman–Crippen LogP) is 2.89. The second kappa shape index (κ2) is 6.69. The maximum absolute atomic E-state index is 13.3. The summed E-state index contributed by atoms with van der Waals surface area (Å²) in [6.07, 6.45) is -4.47. The van der Waals surface area contributed by atoms with Gasteiger partial charge >= 0.3 is 6.18 Å². The molecule has 0 aliphatic rings. The van der Waals surface area contributed by atoms with Crippen molar-refractivity contribution in [1.29, 1.82) is 0 Å². The van der Waals surface area contributed by atoms with Gasteiger partial charge in [0.1, 0.15) is 19.0 Å². The largest absolute Gasteiger partial charge is 0.411 e. The molecule has 0 saturated carbocycles. The van der Waals surface area contributed by atoms with Crippen molar-refractivity contribution in [2.45, 2.75) is 26.1 Å². The predicted molar refractivity (Wildman–Crippen MR) is 64.6 cm³/mol. The zero-order valence-corrected chi connectivity index (χ0v) is 11.1. The standard InChI is InChI=1S/C13H15F4NO2/c1-8-3-4-10(5-11(8)14)9(2)18-12(19)6-20-7-13(15,16)17/h3-5,9H,6-7H2,1-2H3,(H,18,19)/t9-/m0/s1. The molecule has 1 atom stereocenters. The van der Waals surface area contributed by atoms with E-state index in [0.29, 0.717) is 11.1 Å². The Kier molecular flexibility index (Phi) is 5.50. The molecule has 3 nitrogen and oxygen atoms in total. The van der Waals surface area contributed by atoms with Crippen LogP contribution in [0.15, 0.2) is 18.2 Å². The van der Waals surface area contributed by atoms with Gasteiger partial charge in [-0.25, -0.2) is 4.39 Å². The van der Waals surface area contributed by atoms with Gasteiger partial charge in [0.05, 0.1) is 6.04 Å². The number of benzene rings is 1. The van der Waals surface area contributed by atoms with Crippen molar-refractivity contribution in [2.75, 3.05) is 13.2 Å². The molecule has 7 heteroatoms. The third kappa shape index (κ3) is 5.56. The van der Waals surface area contributed by atoms with Gasteiger partial charge in [-0.3, -0.25) is 4.79 Å². The van der Waals surface area contributed by atoms with Crippen molar-refractivity contribution in [2.24, 2.45) is 0 Å².